The molecule has 1 aromatic rings. The highest BCUT2D eigenvalue weighted by atomic mass is 79.9. The topological polar surface area (TPSA) is 9.23 Å². The first-order chi connectivity index (χ1) is 8.14. The van der Waals surface area contributed by atoms with Gasteiger partial charge in [-0.25, -0.2) is 0 Å². The molecule has 3 heteroatoms. The maximum Gasteiger partial charge on any atom is 0.0518 e. The molecule has 17 heavy (non-hydrogen) atoms. The molecule has 0 atom stereocenters. The van der Waals surface area contributed by atoms with E-state index >= 15 is 0 Å². The van der Waals surface area contributed by atoms with Crippen molar-refractivity contribution < 1.29 is 4.74 Å². The van der Waals surface area contributed by atoms with Crippen molar-refractivity contribution in [3.63, 3.8) is 0 Å². The SMILES string of the molecule is CC(C)OCCC(CBr)(CBr)c1ccccc1. The first-order valence-corrected chi connectivity index (χ1v) is 8.18. The van der Waals surface area contributed by atoms with E-state index in [0.29, 0.717) is 6.10 Å². The van der Waals surface area contributed by atoms with Gasteiger partial charge in [-0.2, -0.15) is 0 Å². The fraction of sp³-hybridized carbons (Fsp3) is 0.571. The van der Waals surface area contributed by atoms with Gasteiger partial charge in [0.15, 0.2) is 0 Å². The Hall–Kier alpha value is 0.140. The van der Waals surface area contributed by atoms with E-state index in [1.54, 1.807) is 0 Å². The summed E-state index contributed by atoms with van der Waals surface area (Å²) in [7, 11) is 0. The maximum atomic E-state index is 5.68. The third kappa shape index (κ3) is 4.38. The van der Waals surface area contributed by atoms with Gasteiger partial charge in [-0.3, -0.25) is 0 Å². The summed E-state index contributed by atoms with van der Waals surface area (Å²) in [6.45, 7) is 4.95. The fourth-order valence-corrected chi connectivity index (χ4v) is 3.89. The quantitative estimate of drug-likeness (QED) is 0.646. The standard InChI is InChI=1S/C14H20Br2O/c1-12(2)17-9-8-14(10-15,11-16)13-6-4-3-5-7-13/h3-7,12H,8-11H2,1-2H3. The lowest BCUT2D eigenvalue weighted by atomic mass is 9.82. The van der Waals surface area contributed by atoms with Gasteiger partial charge in [-0.05, 0) is 25.8 Å². The number of ether oxygens (including phenoxy) is 1. The Bertz CT molecular complexity index is 307. The molecule has 0 aliphatic heterocycles. The van der Waals surface area contributed by atoms with Crippen molar-refractivity contribution in [2.24, 2.45) is 0 Å². The van der Waals surface area contributed by atoms with Crippen molar-refractivity contribution in [3.05, 3.63) is 35.9 Å². The Kier molecular flexibility index (Phi) is 6.75. The number of halogens is 2. The highest BCUT2D eigenvalue weighted by molar-refractivity contribution is 9.09. The summed E-state index contributed by atoms with van der Waals surface area (Å²) < 4.78 is 5.68. The van der Waals surface area contributed by atoms with E-state index in [0.717, 1.165) is 23.7 Å². The Morgan fingerprint density at radius 2 is 1.71 bits per heavy atom. The molecular weight excluding hydrogens is 344 g/mol. The van der Waals surface area contributed by atoms with Gasteiger partial charge >= 0.3 is 0 Å². The minimum Gasteiger partial charge on any atom is -0.379 e. The third-order valence-electron chi connectivity index (χ3n) is 2.93. The Labute approximate surface area is 121 Å². The highest BCUT2D eigenvalue weighted by Gasteiger charge is 2.29. The molecular formula is C14H20Br2O. The third-order valence-corrected chi connectivity index (χ3v) is 5.08. The molecule has 0 saturated carbocycles. The number of alkyl halides is 2. The zero-order valence-electron chi connectivity index (χ0n) is 10.5. The van der Waals surface area contributed by atoms with E-state index in [4.69, 9.17) is 4.74 Å². The van der Waals surface area contributed by atoms with Crippen molar-refractivity contribution in [1.29, 1.82) is 0 Å². The van der Waals surface area contributed by atoms with E-state index in [1.165, 1.54) is 5.56 Å². The lowest BCUT2D eigenvalue weighted by molar-refractivity contribution is 0.0682. The summed E-state index contributed by atoms with van der Waals surface area (Å²) in [6, 6.07) is 10.6. The largest absolute Gasteiger partial charge is 0.379 e. The molecule has 96 valence electrons. The van der Waals surface area contributed by atoms with Crippen LogP contribution >= 0.6 is 31.9 Å². The van der Waals surface area contributed by atoms with Gasteiger partial charge in [-0.15, -0.1) is 0 Å². The molecule has 0 aliphatic carbocycles. The maximum absolute atomic E-state index is 5.68. The lowest BCUT2D eigenvalue weighted by Gasteiger charge is -2.31. The van der Waals surface area contributed by atoms with Gasteiger partial charge in [0.1, 0.15) is 0 Å². The van der Waals surface area contributed by atoms with Crippen LogP contribution in [0.15, 0.2) is 30.3 Å². The van der Waals surface area contributed by atoms with Gasteiger partial charge in [0, 0.05) is 22.7 Å². The summed E-state index contributed by atoms with van der Waals surface area (Å²) in [5.41, 5.74) is 1.48. The summed E-state index contributed by atoms with van der Waals surface area (Å²) in [5.74, 6) is 0. The Morgan fingerprint density at radius 1 is 1.12 bits per heavy atom. The summed E-state index contributed by atoms with van der Waals surface area (Å²) in [6.07, 6.45) is 1.32. The molecule has 0 aliphatic rings. The predicted molar refractivity (Wildman–Crippen MR) is 81.4 cm³/mol. The van der Waals surface area contributed by atoms with Crippen LogP contribution in [0.4, 0.5) is 0 Å². The monoisotopic (exact) mass is 362 g/mol. The predicted octanol–water partition coefficient (Wildman–Crippen LogP) is 4.53. The first-order valence-electron chi connectivity index (χ1n) is 5.93. The fourth-order valence-electron chi connectivity index (χ4n) is 1.75. The van der Waals surface area contributed by atoms with E-state index in [9.17, 15) is 0 Å². The summed E-state index contributed by atoms with van der Waals surface area (Å²) in [4.78, 5) is 0. The van der Waals surface area contributed by atoms with Crippen LogP contribution in [0.1, 0.15) is 25.8 Å². The molecule has 0 fully saturated rings. The van der Waals surface area contributed by atoms with E-state index < -0.39 is 0 Å². The molecule has 1 aromatic carbocycles. The lowest BCUT2D eigenvalue weighted by Crippen LogP contribution is -2.32. The molecule has 0 heterocycles. The van der Waals surface area contributed by atoms with Crippen LogP contribution in [-0.4, -0.2) is 23.4 Å². The van der Waals surface area contributed by atoms with Gasteiger partial charge in [0.05, 0.1) is 6.10 Å². The average molecular weight is 364 g/mol. The second-order valence-corrected chi connectivity index (χ2v) is 5.70. The Balaban J connectivity index is 2.75. The van der Waals surface area contributed by atoms with Gasteiger partial charge in [0.25, 0.3) is 0 Å². The molecule has 1 rings (SSSR count). The number of hydrogen-bond acceptors (Lipinski definition) is 1. The van der Waals surface area contributed by atoms with Crippen LogP contribution in [-0.2, 0) is 10.2 Å². The smallest absolute Gasteiger partial charge is 0.0518 e. The minimum absolute atomic E-state index is 0.121. The van der Waals surface area contributed by atoms with Crippen molar-refractivity contribution in [2.75, 3.05) is 17.3 Å². The zero-order valence-corrected chi connectivity index (χ0v) is 13.6. The zero-order chi connectivity index (χ0) is 12.7. The summed E-state index contributed by atoms with van der Waals surface area (Å²) in [5, 5.41) is 1.88. The van der Waals surface area contributed by atoms with Crippen LogP contribution in [0, 0.1) is 0 Å². The van der Waals surface area contributed by atoms with E-state index in [2.05, 4.69) is 76.0 Å². The number of hydrogen-bond donors (Lipinski definition) is 0. The van der Waals surface area contributed by atoms with Crippen LogP contribution < -0.4 is 0 Å². The van der Waals surface area contributed by atoms with Crippen LogP contribution in [0.5, 0.6) is 0 Å². The minimum atomic E-state index is 0.121. The molecule has 0 unspecified atom stereocenters. The van der Waals surface area contributed by atoms with Crippen molar-refractivity contribution in [1.82, 2.24) is 0 Å². The van der Waals surface area contributed by atoms with Crippen molar-refractivity contribution in [2.45, 2.75) is 31.8 Å². The molecule has 1 nitrogen and oxygen atoms in total. The second kappa shape index (κ2) is 7.55. The van der Waals surface area contributed by atoms with Gasteiger partial charge < -0.3 is 4.74 Å². The number of benzene rings is 1. The summed E-state index contributed by atoms with van der Waals surface area (Å²) >= 11 is 7.30. The normalized spacial score (nSPS) is 12.1. The Morgan fingerprint density at radius 3 is 2.18 bits per heavy atom. The molecule has 0 N–H and O–H groups in total. The first kappa shape index (κ1) is 15.2. The highest BCUT2D eigenvalue weighted by Crippen LogP contribution is 2.32. The van der Waals surface area contributed by atoms with Crippen LogP contribution in [0.3, 0.4) is 0 Å². The average Bonchev–Trinajstić information content (AvgIpc) is 2.36. The number of rotatable bonds is 7. The molecule has 0 amide bonds. The van der Waals surface area contributed by atoms with Crippen LogP contribution in [0.2, 0.25) is 0 Å². The molecule has 0 spiro atoms. The molecule has 0 radical (unpaired) electrons. The van der Waals surface area contributed by atoms with Crippen molar-refractivity contribution in [3.8, 4) is 0 Å². The van der Waals surface area contributed by atoms with Gasteiger partial charge in [-0.1, -0.05) is 62.2 Å². The van der Waals surface area contributed by atoms with E-state index in [1.807, 2.05) is 0 Å². The second-order valence-electron chi connectivity index (χ2n) is 4.58. The molecule has 0 saturated heterocycles. The molecule has 0 aromatic heterocycles. The van der Waals surface area contributed by atoms with Gasteiger partial charge in [0.2, 0.25) is 0 Å². The van der Waals surface area contributed by atoms with E-state index in [-0.39, 0.29) is 5.41 Å². The van der Waals surface area contributed by atoms with Crippen molar-refractivity contribution >= 4 is 31.9 Å². The molecule has 0 bridgehead atoms. The van der Waals surface area contributed by atoms with Crippen LogP contribution in [0.25, 0.3) is 0 Å².